The van der Waals surface area contributed by atoms with Crippen LogP contribution in [0.4, 0.5) is 0 Å². The van der Waals surface area contributed by atoms with E-state index in [-0.39, 0.29) is 10.5 Å². The monoisotopic (exact) mass is 452 g/mol. The average Bonchev–Trinajstić information content (AvgIpc) is 2.76. The predicted molar refractivity (Wildman–Crippen MR) is 140 cm³/mol. The lowest BCUT2D eigenvalue weighted by molar-refractivity contribution is 0.104. The van der Waals surface area contributed by atoms with Crippen molar-refractivity contribution in [2.45, 2.75) is 88.7 Å². The van der Waals surface area contributed by atoms with E-state index in [1.807, 2.05) is 42.1 Å². The van der Waals surface area contributed by atoms with Crippen molar-refractivity contribution < 1.29 is 9.53 Å². The van der Waals surface area contributed by atoms with Gasteiger partial charge in [-0.15, -0.1) is 11.8 Å². The first-order chi connectivity index (χ1) is 15.4. The van der Waals surface area contributed by atoms with Crippen molar-refractivity contribution >= 4 is 23.6 Å². The Kier molecular flexibility index (Phi) is 11.7. The number of carbonyl (C=O) groups is 1. The van der Waals surface area contributed by atoms with Crippen LogP contribution in [0.3, 0.4) is 0 Å². The molecule has 0 saturated carbocycles. The van der Waals surface area contributed by atoms with E-state index in [0.717, 1.165) is 12.0 Å². The minimum absolute atomic E-state index is 0.0235. The Morgan fingerprint density at radius 1 is 0.875 bits per heavy atom. The van der Waals surface area contributed by atoms with E-state index in [0.29, 0.717) is 17.9 Å². The summed E-state index contributed by atoms with van der Waals surface area (Å²) in [5, 5.41) is 0. The van der Waals surface area contributed by atoms with Crippen molar-refractivity contribution in [2.75, 3.05) is 6.61 Å². The lowest BCUT2D eigenvalue weighted by Gasteiger charge is -2.17. The Labute approximate surface area is 199 Å². The molecule has 0 atom stereocenters. The molecule has 2 rings (SSSR count). The molecule has 0 aliphatic heterocycles. The number of hydrogen-bond acceptors (Lipinski definition) is 3. The van der Waals surface area contributed by atoms with E-state index < -0.39 is 0 Å². The Balaban J connectivity index is 1.82. The molecular formula is C29H40O2S. The van der Waals surface area contributed by atoms with Gasteiger partial charge in [-0.3, -0.25) is 4.79 Å². The number of ketones is 1. The minimum Gasteiger partial charge on any atom is -0.493 e. The molecule has 2 nitrogen and oxygen atoms in total. The first kappa shape index (κ1) is 26.3. The normalized spacial score (nSPS) is 11.8. The molecular weight excluding hydrogens is 412 g/mol. The molecule has 2 aromatic carbocycles. The molecule has 0 heterocycles. The van der Waals surface area contributed by atoms with Crippen LogP contribution in [0.1, 0.15) is 95.0 Å². The Morgan fingerprint density at radius 2 is 1.50 bits per heavy atom. The molecule has 3 heteroatoms. The van der Waals surface area contributed by atoms with Gasteiger partial charge in [0.15, 0.2) is 5.78 Å². The molecule has 0 radical (unpaired) electrons. The number of rotatable bonds is 14. The molecule has 0 aliphatic rings. The molecule has 0 fully saturated rings. The highest BCUT2D eigenvalue weighted by Crippen LogP contribution is 2.31. The van der Waals surface area contributed by atoms with Gasteiger partial charge in [-0.25, -0.2) is 0 Å². The standard InChI is InChI=1S/C29H40O2S/c1-5-6-7-8-9-10-11-14-23-31-28-16-13-12-15-26(28)27(30)22-19-24-17-20-25(21-18-24)32-29(2,3)4/h12-13,15-22H,5-11,14,23H2,1-4H3. The van der Waals surface area contributed by atoms with Crippen molar-refractivity contribution in [3.63, 3.8) is 0 Å². The van der Waals surface area contributed by atoms with Gasteiger partial charge in [-0.2, -0.15) is 0 Å². The summed E-state index contributed by atoms with van der Waals surface area (Å²) in [4.78, 5) is 14.0. The van der Waals surface area contributed by atoms with E-state index in [9.17, 15) is 4.79 Å². The van der Waals surface area contributed by atoms with E-state index in [1.54, 1.807) is 6.08 Å². The summed E-state index contributed by atoms with van der Waals surface area (Å²) in [6.45, 7) is 9.53. The summed E-state index contributed by atoms with van der Waals surface area (Å²) in [7, 11) is 0. The molecule has 0 bridgehead atoms. The predicted octanol–water partition coefficient (Wildman–Crippen LogP) is 8.99. The van der Waals surface area contributed by atoms with Crippen LogP contribution in [0.5, 0.6) is 5.75 Å². The highest BCUT2D eigenvalue weighted by atomic mass is 32.2. The molecule has 32 heavy (non-hydrogen) atoms. The van der Waals surface area contributed by atoms with Gasteiger partial charge in [-0.05, 0) is 42.3 Å². The third-order valence-electron chi connectivity index (χ3n) is 5.14. The van der Waals surface area contributed by atoms with Gasteiger partial charge in [0.25, 0.3) is 0 Å². The maximum absolute atomic E-state index is 12.8. The zero-order valence-corrected chi connectivity index (χ0v) is 21.2. The zero-order chi connectivity index (χ0) is 23.2. The van der Waals surface area contributed by atoms with E-state index >= 15 is 0 Å². The molecule has 0 amide bonds. The maximum atomic E-state index is 12.8. The van der Waals surface area contributed by atoms with Gasteiger partial charge >= 0.3 is 0 Å². The molecule has 0 saturated heterocycles. The number of allylic oxidation sites excluding steroid dienone is 1. The Hall–Kier alpha value is -2.00. The van der Waals surface area contributed by atoms with Crippen LogP contribution in [-0.2, 0) is 0 Å². The highest BCUT2D eigenvalue weighted by molar-refractivity contribution is 8.00. The third-order valence-corrected chi connectivity index (χ3v) is 6.26. The number of para-hydroxylation sites is 1. The highest BCUT2D eigenvalue weighted by Gasteiger charge is 2.12. The van der Waals surface area contributed by atoms with Crippen LogP contribution in [0.15, 0.2) is 59.5 Å². The Morgan fingerprint density at radius 3 is 2.16 bits per heavy atom. The van der Waals surface area contributed by atoms with Gasteiger partial charge in [0.2, 0.25) is 0 Å². The van der Waals surface area contributed by atoms with Crippen LogP contribution in [0, 0.1) is 0 Å². The average molecular weight is 453 g/mol. The van der Waals surface area contributed by atoms with Crippen molar-refractivity contribution in [2.24, 2.45) is 0 Å². The largest absolute Gasteiger partial charge is 0.493 e. The lowest BCUT2D eigenvalue weighted by atomic mass is 10.1. The fraction of sp³-hybridized carbons (Fsp3) is 0.483. The quantitative estimate of drug-likeness (QED) is 0.124. The first-order valence-corrected chi connectivity index (χ1v) is 12.9. The number of thioether (sulfide) groups is 1. The van der Waals surface area contributed by atoms with E-state index in [2.05, 4.69) is 52.0 Å². The summed E-state index contributed by atoms with van der Waals surface area (Å²) in [5.74, 6) is 0.659. The Bertz CT molecular complexity index is 831. The van der Waals surface area contributed by atoms with Gasteiger partial charge in [0.1, 0.15) is 5.75 Å². The second-order valence-electron chi connectivity index (χ2n) is 9.30. The first-order valence-electron chi connectivity index (χ1n) is 12.1. The van der Waals surface area contributed by atoms with Crippen molar-refractivity contribution in [3.05, 3.63) is 65.7 Å². The second-order valence-corrected chi connectivity index (χ2v) is 11.2. The number of ether oxygens (including phenoxy) is 1. The SMILES string of the molecule is CCCCCCCCCCOc1ccccc1C(=O)C=Cc1ccc(SC(C)(C)C)cc1. The van der Waals surface area contributed by atoms with Crippen LogP contribution in [-0.4, -0.2) is 17.1 Å². The smallest absolute Gasteiger partial charge is 0.189 e. The number of unbranched alkanes of at least 4 members (excludes halogenated alkanes) is 7. The molecule has 0 spiro atoms. The van der Waals surface area contributed by atoms with Crippen LogP contribution < -0.4 is 4.74 Å². The van der Waals surface area contributed by atoms with Crippen LogP contribution in [0.25, 0.3) is 6.08 Å². The zero-order valence-electron chi connectivity index (χ0n) is 20.4. The third kappa shape index (κ3) is 10.5. The molecule has 0 aliphatic carbocycles. The second kappa shape index (κ2) is 14.2. The molecule has 2 aromatic rings. The van der Waals surface area contributed by atoms with Gasteiger partial charge in [0, 0.05) is 9.64 Å². The topological polar surface area (TPSA) is 26.3 Å². The van der Waals surface area contributed by atoms with Gasteiger partial charge in [0.05, 0.1) is 12.2 Å². The number of carbonyl (C=O) groups excluding carboxylic acids is 1. The summed E-state index contributed by atoms with van der Waals surface area (Å²) < 4.78 is 6.15. The van der Waals surface area contributed by atoms with Crippen molar-refractivity contribution in [1.82, 2.24) is 0 Å². The van der Waals surface area contributed by atoms with Crippen LogP contribution in [0.2, 0.25) is 0 Å². The molecule has 0 N–H and O–H groups in total. The molecule has 174 valence electrons. The maximum Gasteiger partial charge on any atom is 0.189 e. The molecule has 0 unspecified atom stereocenters. The summed E-state index contributed by atoms with van der Waals surface area (Å²) in [6.07, 6.45) is 13.7. The molecule has 0 aromatic heterocycles. The lowest BCUT2D eigenvalue weighted by Crippen LogP contribution is -2.06. The van der Waals surface area contributed by atoms with Crippen LogP contribution >= 0.6 is 11.8 Å². The minimum atomic E-state index is -0.0235. The fourth-order valence-corrected chi connectivity index (χ4v) is 4.46. The van der Waals surface area contributed by atoms with Gasteiger partial charge < -0.3 is 4.74 Å². The van der Waals surface area contributed by atoms with Crippen molar-refractivity contribution in [3.8, 4) is 5.75 Å². The van der Waals surface area contributed by atoms with E-state index in [4.69, 9.17) is 4.74 Å². The number of hydrogen-bond donors (Lipinski definition) is 0. The summed E-state index contributed by atoms with van der Waals surface area (Å²) in [5.41, 5.74) is 1.65. The van der Waals surface area contributed by atoms with Crippen molar-refractivity contribution in [1.29, 1.82) is 0 Å². The number of benzene rings is 2. The fourth-order valence-electron chi connectivity index (χ4n) is 3.48. The van der Waals surface area contributed by atoms with Gasteiger partial charge in [-0.1, -0.05) is 103 Å². The summed E-state index contributed by atoms with van der Waals surface area (Å²) >= 11 is 1.84. The van der Waals surface area contributed by atoms with E-state index in [1.165, 1.54) is 49.8 Å². The summed E-state index contributed by atoms with van der Waals surface area (Å²) in [6, 6.07) is 15.9.